The van der Waals surface area contributed by atoms with Crippen LogP contribution in [0.5, 0.6) is 0 Å². The predicted molar refractivity (Wildman–Crippen MR) is 138 cm³/mol. The van der Waals surface area contributed by atoms with Crippen molar-refractivity contribution in [1.29, 1.82) is 0 Å². The zero-order valence-electron chi connectivity index (χ0n) is 20.9. The van der Waals surface area contributed by atoms with Gasteiger partial charge in [-0.25, -0.2) is 4.79 Å². The van der Waals surface area contributed by atoms with E-state index in [2.05, 4.69) is 10.3 Å². The first-order chi connectivity index (χ1) is 17.2. The van der Waals surface area contributed by atoms with Crippen LogP contribution in [0.1, 0.15) is 44.7 Å². The van der Waals surface area contributed by atoms with Gasteiger partial charge in [0.2, 0.25) is 11.8 Å². The highest BCUT2D eigenvalue weighted by atomic mass is 16.5. The van der Waals surface area contributed by atoms with E-state index < -0.39 is 11.6 Å². The van der Waals surface area contributed by atoms with E-state index in [-0.39, 0.29) is 36.6 Å². The van der Waals surface area contributed by atoms with E-state index in [4.69, 9.17) is 10.5 Å². The summed E-state index contributed by atoms with van der Waals surface area (Å²) >= 11 is 0. The van der Waals surface area contributed by atoms with Crippen molar-refractivity contribution in [3.05, 3.63) is 70.6 Å². The lowest BCUT2D eigenvalue weighted by atomic mass is 10.0. The van der Waals surface area contributed by atoms with E-state index in [0.717, 1.165) is 16.6 Å². The van der Waals surface area contributed by atoms with Crippen LogP contribution in [0.2, 0.25) is 0 Å². The van der Waals surface area contributed by atoms with Gasteiger partial charge in [0.05, 0.1) is 24.2 Å². The number of fused-ring (bicyclic) bond motifs is 1. The molecule has 2 amide bonds. The van der Waals surface area contributed by atoms with Crippen molar-refractivity contribution >= 4 is 22.8 Å². The van der Waals surface area contributed by atoms with E-state index in [9.17, 15) is 14.4 Å². The number of carbonyl (C=O) groups is 2. The topological polar surface area (TPSA) is 122 Å². The number of aromatic nitrogens is 2. The Bertz CT molecular complexity index is 1240. The molecule has 0 aliphatic carbocycles. The van der Waals surface area contributed by atoms with Gasteiger partial charge >= 0.3 is 5.69 Å². The molecule has 192 valence electrons. The number of nitrogens with zero attached hydrogens (tertiary/aromatic N) is 2. The molecule has 4 N–H and O–H groups in total. The molecule has 1 unspecified atom stereocenters. The first-order valence-corrected chi connectivity index (χ1v) is 12.4. The molecule has 1 atom stereocenters. The van der Waals surface area contributed by atoms with Gasteiger partial charge in [0.1, 0.15) is 6.04 Å². The van der Waals surface area contributed by atoms with Gasteiger partial charge in [-0.1, -0.05) is 42.5 Å². The maximum atomic E-state index is 13.4. The van der Waals surface area contributed by atoms with Crippen LogP contribution in [-0.2, 0) is 20.9 Å². The van der Waals surface area contributed by atoms with Crippen molar-refractivity contribution in [2.24, 2.45) is 5.73 Å². The number of hydrogen-bond donors (Lipinski definition) is 3. The lowest BCUT2D eigenvalue weighted by Crippen LogP contribution is -2.54. The highest BCUT2D eigenvalue weighted by molar-refractivity contribution is 5.88. The van der Waals surface area contributed by atoms with Gasteiger partial charge in [-0.15, -0.1) is 0 Å². The molecule has 1 fully saturated rings. The minimum absolute atomic E-state index is 0.00175. The molecule has 1 saturated heterocycles. The summed E-state index contributed by atoms with van der Waals surface area (Å²) in [5.41, 5.74) is 7.85. The average Bonchev–Trinajstić information content (AvgIpc) is 3.18. The van der Waals surface area contributed by atoms with Crippen molar-refractivity contribution in [1.82, 2.24) is 19.8 Å². The van der Waals surface area contributed by atoms with Crippen LogP contribution in [0, 0.1) is 0 Å². The number of rotatable bonds is 9. The third-order valence-corrected chi connectivity index (χ3v) is 6.41. The van der Waals surface area contributed by atoms with E-state index in [1.54, 1.807) is 23.3 Å². The largest absolute Gasteiger partial charge is 0.374 e. The van der Waals surface area contributed by atoms with Crippen LogP contribution in [0.15, 0.2) is 59.4 Å². The molecule has 0 radical (unpaired) electrons. The second kappa shape index (κ2) is 11.1. The quantitative estimate of drug-likeness (QED) is 0.422. The van der Waals surface area contributed by atoms with Gasteiger partial charge < -0.3 is 25.7 Å². The molecular weight excluding hydrogens is 458 g/mol. The number of para-hydroxylation sites is 2. The summed E-state index contributed by atoms with van der Waals surface area (Å²) in [7, 11) is 0. The lowest BCUT2D eigenvalue weighted by molar-refractivity contribution is -0.139. The molecule has 0 saturated carbocycles. The number of ether oxygens (including phenoxy) is 1. The maximum absolute atomic E-state index is 13.4. The fraction of sp³-hybridized carbons (Fsp3) is 0.444. The number of nitrogens with two attached hydrogens (primary N) is 1. The number of H-pyrrole nitrogens is 1. The number of piperidine rings is 1. The molecule has 36 heavy (non-hydrogen) atoms. The summed E-state index contributed by atoms with van der Waals surface area (Å²) in [5, 5.41) is 2.83. The highest BCUT2D eigenvalue weighted by Gasteiger charge is 2.31. The number of nitrogens with one attached hydrogen (secondary N) is 2. The first kappa shape index (κ1) is 25.7. The summed E-state index contributed by atoms with van der Waals surface area (Å²) in [6, 6.07) is 16.5. The fourth-order valence-electron chi connectivity index (χ4n) is 4.70. The van der Waals surface area contributed by atoms with Crippen molar-refractivity contribution < 1.29 is 14.3 Å². The standard InChI is InChI=1S/C27H35N5O4/c1-27(2,28)16-24(33)29-22(18-36-17-19-8-4-3-5-9-19)25(34)31-14-12-20(13-15-31)32-23-11-7-6-10-21(23)30-26(32)35/h3-11,20,22H,12-18,28H2,1-2H3,(H,29,33)(H,30,35). The average molecular weight is 494 g/mol. The van der Waals surface area contributed by atoms with Crippen LogP contribution in [-0.4, -0.2) is 57.5 Å². The lowest BCUT2D eigenvalue weighted by Gasteiger charge is -2.35. The normalized spacial score (nSPS) is 15.7. The molecule has 1 aliphatic rings. The van der Waals surface area contributed by atoms with Gasteiger partial charge in [-0.2, -0.15) is 0 Å². The molecule has 1 aliphatic heterocycles. The van der Waals surface area contributed by atoms with Gasteiger partial charge in [-0.3, -0.25) is 14.2 Å². The van der Waals surface area contributed by atoms with Crippen molar-refractivity contribution in [2.75, 3.05) is 19.7 Å². The number of aromatic amines is 1. The Labute approximate surface area is 210 Å². The smallest absolute Gasteiger partial charge is 0.326 e. The Morgan fingerprint density at radius 3 is 2.47 bits per heavy atom. The van der Waals surface area contributed by atoms with E-state index in [1.165, 1.54) is 0 Å². The number of imidazole rings is 1. The van der Waals surface area contributed by atoms with Gasteiger partial charge in [0.15, 0.2) is 0 Å². The number of benzene rings is 2. The number of hydrogen-bond acceptors (Lipinski definition) is 5. The number of carbonyl (C=O) groups excluding carboxylic acids is 2. The Kier molecular flexibility index (Phi) is 7.91. The van der Waals surface area contributed by atoms with E-state index >= 15 is 0 Å². The summed E-state index contributed by atoms with van der Waals surface area (Å²) in [5.74, 6) is -0.472. The van der Waals surface area contributed by atoms with Crippen LogP contribution < -0.4 is 16.7 Å². The Hall–Kier alpha value is -3.43. The molecule has 0 spiro atoms. The molecule has 4 rings (SSSR count). The molecule has 0 bridgehead atoms. The maximum Gasteiger partial charge on any atom is 0.326 e. The first-order valence-electron chi connectivity index (χ1n) is 12.4. The molecule has 9 nitrogen and oxygen atoms in total. The van der Waals surface area contributed by atoms with E-state index in [0.29, 0.717) is 32.5 Å². The van der Waals surface area contributed by atoms with Gasteiger partial charge in [0.25, 0.3) is 0 Å². The fourth-order valence-corrected chi connectivity index (χ4v) is 4.70. The summed E-state index contributed by atoms with van der Waals surface area (Å²) < 4.78 is 7.62. The summed E-state index contributed by atoms with van der Waals surface area (Å²) in [6.45, 7) is 4.92. The Morgan fingerprint density at radius 1 is 1.11 bits per heavy atom. The zero-order chi connectivity index (χ0) is 25.7. The zero-order valence-corrected chi connectivity index (χ0v) is 20.9. The third kappa shape index (κ3) is 6.41. The summed E-state index contributed by atoms with van der Waals surface area (Å²) in [6.07, 6.45) is 1.39. The number of likely N-dealkylation sites (tertiary alicyclic amines) is 1. The van der Waals surface area contributed by atoms with Crippen LogP contribution >= 0.6 is 0 Å². The second-order valence-corrected chi connectivity index (χ2v) is 10.2. The molecule has 1 aromatic heterocycles. The van der Waals surface area contributed by atoms with Crippen molar-refractivity contribution in [3.63, 3.8) is 0 Å². The third-order valence-electron chi connectivity index (χ3n) is 6.41. The molecular formula is C27H35N5O4. The Balaban J connectivity index is 1.41. The van der Waals surface area contributed by atoms with Gasteiger partial charge in [-0.05, 0) is 44.4 Å². The second-order valence-electron chi connectivity index (χ2n) is 10.2. The minimum Gasteiger partial charge on any atom is -0.374 e. The monoisotopic (exact) mass is 493 g/mol. The molecule has 9 heteroatoms. The Morgan fingerprint density at radius 2 is 1.78 bits per heavy atom. The number of amides is 2. The summed E-state index contributed by atoms with van der Waals surface area (Å²) in [4.78, 5) is 43.3. The van der Waals surface area contributed by atoms with Gasteiger partial charge in [0, 0.05) is 31.1 Å². The van der Waals surface area contributed by atoms with Crippen molar-refractivity contribution in [3.8, 4) is 0 Å². The predicted octanol–water partition coefficient (Wildman–Crippen LogP) is 2.32. The minimum atomic E-state index is -0.809. The molecule has 2 heterocycles. The SMILES string of the molecule is CC(C)(N)CC(=O)NC(COCc1ccccc1)C(=O)N1CCC(n2c(=O)[nH]c3ccccc32)CC1. The molecule has 3 aromatic rings. The van der Waals surface area contributed by atoms with Crippen molar-refractivity contribution in [2.45, 2.75) is 57.3 Å². The van der Waals surface area contributed by atoms with Crippen LogP contribution in [0.4, 0.5) is 0 Å². The highest BCUT2D eigenvalue weighted by Crippen LogP contribution is 2.25. The van der Waals surface area contributed by atoms with Crippen LogP contribution in [0.3, 0.4) is 0 Å². The van der Waals surface area contributed by atoms with Crippen LogP contribution in [0.25, 0.3) is 11.0 Å². The molecule has 2 aromatic carbocycles. The van der Waals surface area contributed by atoms with E-state index in [1.807, 2.05) is 54.6 Å².